The van der Waals surface area contributed by atoms with Gasteiger partial charge >= 0.3 is 0 Å². The first-order valence-electron chi connectivity index (χ1n) is 8.93. The molecule has 0 saturated carbocycles. The number of nitrogens with one attached hydrogen (secondary N) is 1. The molecule has 0 bridgehead atoms. The molecule has 1 fully saturated rings. The molecule has 140 valence electrons. The number of ketones is 1. The third-order valence-corrected chi connectivity index (χ3v) is 7.15. The van der Waals surface area contributed by atoms with Gasteiger partial charge in [0, 0.05) is 35.8 Å². The normalized spacial score (nSPS) is 20.7. The Kier molecular flexibility index (Phi) is 4.36. The first-order valence-corrected chi connectivity index (χ1v) is 10.4. The van der Waals surface area contributed by atoms with Crippen LogP contribution in [-0.4, -0.2) is 51.2 Å². The number of rotatable bonds is 2. The highest BCUT2D eigenvalue weighted by Gasteiger charge is 2.35. The van der Waals surface area contributed by atoms with Crippen LogP contribution < -0.4 is 5.32 Å². The SMILES string of the molecule is CNC1CCCN(C(=O)c2ccc3c(c2)S(=O)(=O)c2ccccc2C3=O)C1. The van der Waals surface area contributed by atoms with Crippen molar-refractivity contribution in [2.75, 3.05) is 20.1 Å². The van der Waals surface area contributed by atoms with Gasteiger partial charge in [0.1, 0.15) is 0 Å². The molecule has 0 aromatic heterocycles. The predicted molar refractivity (Wildman–Crippen MR) is 99.8 cm³/mol. The summed E-state index contributed by atoms with van der Waals surface area (Å²) in [5.41, 5.74) is 0.593. The van der Waals surface area contributed by atoms with Crippen LogP contribution >= 0.6 is 0 Å². The first kappa shape index (κ1) is 17.9. The number of amides is 1. The largest absolute Gasteiger partial charge is 0.337 e. The molecular formula is C20H20N2O4S. The van der Waals surface area contributed by atoms with Crippen LogP contribution in [0.3, 0.4) is 0 Å². The van der Waals surface area contributed by atoms with Gasteiger partial charge < -0.3 is 10.2 Å². The minimum atomic E-state index is -3.84. The Labute approximate surface area is 158 Å². The van der Waals surface area contributed by atoms with Gasteiger partial charge in [-0.1, -0.05) is 12.1 Å². The Balaban J connectivity index is 1.75. The zero-order valence-electron chi connectivity index (χ0n) is 14.9. The van der Waals surface area contributed by atoms with Gasteiger partial charge in [0.15, 0.2) is 5.78 Å². The fraction of sp³-hybridized carbons (Fsp3) is 0.300. The highest BCUT2D eigenvalue weighted by molar-refractivity contribution is 7.91. The standard InChI is InChI=1S/C20H20N2O4S/c1-21-14-5-4-10-22(12-14)20(24)13-8-9-16-18(11-13)27(25,26)17-7-3-2-6-15(17)19(16)23/h2-3,6-9,11,14,21H,4-5,10,12H2,1H3. The molecule has 2 aromatic rings. The molecule has 0 spiro atoms. The summed E-state index contributed by atoms with van der Waals surface area (Å²) in [6, 6.07) is 10.8. The summed E-state index contributed by atoms with van der Waals surface area (Å²) in [4.78, 5) is 27.2. The molecule has 2 aliphatic rings. The lowest BCUT2D eigenvalue weighted by Crippen LogP contribution is -2.47. The van der Waals surface area contributed by atoms with Crippen LogP contribution in [0.2, 0.25) is 0 Å². The maximum absolute atomic E-state index is 13.0. The lowest BCUT2D eigenvalue weighted by Gasteiger charge is -2.32. The van der Waals surface area contributed by atoms with Crippen molar-refractivity contribution in [3.05, 3.63) is 59.2 Å². The van der Waals surface area contributed by atoms with Crippen molar-refractivity contribution < 1.29 is 18.0 Å². The van der Waals surface area contributed by atoms with E-state index in [2.05, 4.69) is 5.32 Å². The number of carbonyl (C=O) groups excluding carboxylic acids is 2. The van der Waals surface area contributed by atoms with Crippen molar-refractivity contribution in [3.63, 3.8) is 0 Å². The molecular weight excluding hydrogens is 364 g/mol. The van der Waals surface area contributed by atoms with E-state index in [1.807, 2.05) is 7.05 Å². The molecule has 1 atom stereocenters. The van der Waals surface area contributed by atoms with Crippen LogP contribution in [0.5, 0.6) is 0 Å². The smallest absolute Gasteiger partial charge is 0.253 e. The second-order valence-electron chi connectivity index (χ2n) is 6.92. The van der Waals surface area contributed by atoms with E-state index in [1.165, 1.54) is 24.3 Å². The summed E-state index contributed by atoms with van der Waals surface area (Å²) >= 11 is 0. The van der Waals surface area contributed by atoms with E-state index in [9.17, 15) is 18.0 Å². The van der Waals surface area contributed by atoms with E-state index in [0.717, 1.165) is 12.8 Å². The molecule has 4 rings (SSSR count). The number of carbonyl (C=O) groups is 2. The summed E-state index contributed by atoms with van der Waals surface area (Å²) in [5.74, 6) is -0.540. The Bertz CT molecular complexity index is 1050. The molecule has 0 radical (unpaired) electrons. The van der Waals surface area contributed by atoms with Crippen LogP contribution in [-0.2, 0) is 9.84 Å². The number of benzene rings is 2. The average molecular weight is 384 g/mol. The molecule has 1 N–H and O–H groups in total. The van der Waals surface area contributed by atoms with E-state index < -0.39 is 9.84 Å². The maximum Gasteiger partial charge on any atom is 0.253 e. The molecule has 6 nitrogen and oxygen atoms in total. The summed E-state index contributed by atoms with van der Waals surface area (Å²) in [6.45, 7) is 1.23. The molecule has 1 unspecified atom stereocenters. The molecule has 27 heavy (non-hydrogen) atoms. The summed E-state index contributed by atoms with van der Waals surface area (Å²) < 4.78 is 26.0. The Morgan fingerprint density at radius 2 is 1.85 bits per heavy atom. The number of piperidine rings is 1. The average Bonchev–Trinajstić information content (AvgIpc) is 2.71. The number of fused-ring (bicyclic) bond motifs is 2. The Morgan fingerprint density at radius 3 is 2.63 bits per heavy atom. The minimum Gasteiger partial charge on any atom is -0.337 e. The fourth-order valence-corrected chi connectivity index (χ4v) is 5.47. The van der Waals surface area contributed by atoms with Crippen molar-refractivity contribution >= 4 is 21.5 Å². The van der Waals surface area contributed by atoms with Gasteiger partial charge in [-0.2, -0.15) is 0 Å². The molecule has 2 aliphatic heterocycles. The molecule has 2 heterocycles. The van der Waals surface area contributed by atoms with E-state index in [4.69, 9.17) is 0 Å². The number of likely N-dealkylation sites (tertiary alicyclic amines) is 1. The molecule has 7 heteroatoms. The summed E-state index contributed by atoms with van der Waals surface area (Å²) in [7, 11) is -1.97. The number of sulfone groups is 1. The highest BCUT2D eigenvalue weighted by Crippen LogP contribution is 2.35. The van der Waals surface area contributed by atoms with Gasteiger partial charge in [-0.05, 0) is 50.2 Å². The Morgan fingerprint density at radius 1 is 1.11 bits per heavy atom. The number of hydrogen-bond acceptors (Lipinski definition) is 5. The number of nitrogens with zero attached hydrogens (tertiary/aromatic N) is 1. The second-order valence-corrected chi connectivity index (χ2v) is 8.81. The molecule has 1 amide bonds. The van der Waals surface area contributed by atoms with Gasteiger partial charge in [0.25, 0.3) is 5.91 Å². The second kappa shape index (κ2) is 6.58. The van der Waals surface area contributed by atoms with Crippen LogP contribution in [0.1, 0.15) is 39.1 Å². The van der Waals surface area contributed by atoms with Crippen LogP contribution in [0.4, 0.5) is 0 Å². The van der Waals surface area contributed by atoms with Crippen molar-refractivity contribution in [3.8, 4) is 0 Å². The molecule has 2 aromatic carbocycles. The topological polar surface area (TPSA) is 83.6 Å². The predicted octanol–water partition coefficient (Wildman–Crippen LogP) is 1.89. The quantitative estimate of drug-likeness (QED) is 0.729. The lowest BCUT2D eigenvalue weighted by molar-refractivity contribution is 0.0697. The van der Waals surface area contributed by atoms with Crippen LogP contribution in [0.15, 0.2) is 52.3 Å². The van der Waals surface area contributed by atoms with Crippen molar-refractivity contribution in [1.29, 1.82) is 0 Å². The molecule has 1 saturated heterocycles. The van der Waals surface area contributed by atoms with Crippen molar-refractivity contribution in [2.24, 2.45) is 0 Å². The van der Waals surface area contributed by atoms with Crippen LogP contribution in [0, 0.1) is 0 Å². The zero-order chi connectivity index (χ0) is 19.2. The zero-order valence-corrected chi connectivity index (χ0v) is 15.8. The minimum absolute atomic E-state index is 0.000295. The third-order valence-electron chi connectivity index (χ3n) is 5.30. The Hall–Kier alpha value is -2.51. The van der Waals surface area contributed by atoms with Gasteiger partial charge in [-0.25, -0.2) is 8.42 Å². The highest BCUT2D eigenvalue weighted by atomic mass is 32.2. The summed E-state index contributed by atoms with van der Waals surface area (Å²) in [6.07, 6.45) is 1.90. The van der Waals surface area contributed by atoms with E-state index in [0.29, 0.717) is 18.7 Å². The van der Waals surface area contributed by atoms with E-state index in [1.54, 1.807) is 23.1 Å². The lowest BCUT2D eigenvalue weighted by atomic mass is 10.00. The van der Waals surface area contributed by atoms with Gasteiger partial charge in [0.05, 0.1) is 9.79 Å². The third kappa shape index (κ3) is 2.87. The summed E-state index contributed by atoms with van der Waals surface area (Å²) in [5, 5.41) is 3.19. The van der Waals surface area contributed by atoms with E-state index in [-0.39, 0.29) is 38.7 Å². The van der Waals surface area contributed by atoms with Crippen molar-refractivity contribution in [1.82, 2.24) is 10.2 Å². The monoisotopic (exact) mass is 384 g/mol. The molecule has 0 aliphatic carbocycles. The number of hydrogen-bond donors (Lipinski definition) is 1. The van der Waals surface area contributed by atoms with Gasteiger partial charge in [-0.15, -0.1) is 0 Å². The van der Waals surface area contributed by atoms with Crippen molar-refractivity contribution in [2.45, 2.75) is 28.7 Å². The first-order chi connectivity index (χ1) is 12.9. The van der Waals surface area contributed by atoms with Gasteiger partial charge in [-0.3, -0.25) is 9.59 Å². The maximum atomic E-state index is 13.0. The fourth-order valence-electron chi connectivity index (χ4n) is 3.80. The van der Waals surface area contributed by atoms with Crippen LogP contribution in [0.25, 0.3) is 0 Å². The van der Waals surface area contributed by atoms with E-state index >= 15 is 0 Å². The van der Waals surface area contributed by atoms with Gasteiger partial charge in [0.2, 0.25) is 9.84 Å². The number of likely N-dealkylation sites (N-methyl/N-ethyl adjacent to an activating group) is 1.